The van der Waals surface area contributed by atoms with Crippen molar-refractivity contribution < 1.29 is 139 Å². The molecule has 12 aromatic carbocycles. The summed E-state index contributed by atoms with van der Waals surface area (Å²) in [6.07, 6.45) is 9.18. The van der Waals surface area contributed by atoms with Crippen LogP contribution in [0.5, 0.6) is 57.5 Å². The predicted molar refractivity (Wildman–Crippen MR) is 480 cm³/mol. The highest BCUT2D eigenvalue weighted by Crippen LogP contribution is 2.30. The molecule has 0 spiro atoms. The maximum absolute atomic E-state index is 11.9. The molecule has 22 N–H and O–H groups in total. The number of phenolic OH excluding ortho intramolecular Hbond substituents is 10. The van der Waals surface area contributed by atoms with Crippen LogP contribution in [0.4, 0.5) is 34.1 Å². The number of aryl methyl sites for hydroxylation is 3. The molecule has 0 saturated heterocycles. The molecule has 0 aromatic heterocycles. The summed E-state index contributed by atoms with van der Waals surface area (Å²) in [4.78, 5) is 138. The number of amides is 6. The van der Waals surface area contributed by atoms with Gasteiger partial charge >= 0.3 is 35.8 Å². The number of aromatic hydroxyl groups is 10. The molecule has 0 saturated carbocycles. The Morgan fingerprint density at radius 3 is 0.746 bits per heavy atom. The molecule has 0 aliphatic rings. The minimum Gasteiger partial charge on any atom is -0.508 e. The molecule has 34 nitrogen and oxygen atoms in total. The van der Waals surface area contributed by atoms with Crippen LogP contribution in [0.1, 0.15) is 115 Å². The highest BCUT2D eigenvalue weighted by molar-refractivity contribution is 6.09. The van der Waals surface area contributed by atoms with E-state index in [2.05, 4.69) is 31.9 Å². The third-order valence-corrected chi connectivity index (χ3v) is 17.7. The molecule has 34 heteroatoms. The summed E-state index contributed by atoms with van der Waals surface area (Å²) in [6.45, 7) is 0. The van der Waals surface area contributed by atoms with E-state index in [4.69, 9.17) is 30.6 Å². The van der Waals surface area contributed by atoms with Gasteiger partial charge in [0.2, 0.25) is 35.4 Å². The Labute approximate surface area is 739 Å². The number of para-hydroxylation sites is 8. The van der Waals surface area contributed by atoms with Crippen molar-refractivity contribution in [2.24, 2.45) is 0 Å². The Morgan fingerprint density at radius 2 is 0.438 bits per heavy atom. The first kappa shape index (κ1) is 98.6. The summed E-state index contributed by atoms with van der Waals surface area (Å²) in [5.41, 5.74) is 3.48. The normalized spacial score (nSPS) is 10.3. The van der Waals surface area contributed by atoms with Crippen molar-refractivity contribution in [3.63, 3.8) is 0 Å². The van der Waals surface area contributed by atoms with Crippen LogP contribution in [0.2, 0.25) is 0 Å². The molecule has 0 heterocycles. The van der Waals surface area contributed by atoms with Gasteiger partial charge in [-0.15, -0.1) is 0 Å². The first-order chi connectivity index (χ1) is 62.0. The number of anilines is 6. The van der Waals surface area contributed by atoms with Crippen molar-refractivity contribution in [2.75, 3.05) is 31.9 Å². The summed E-state index contributed by atoms with van der Waals surface area (Å²) >= 11 is 0. The molecule has 666 valence electrons. The maximum atomic E-state index is 11.9. The highest BCUT2D eigenvalue weighted by Gasteiger charge is 2.20. The van der Waals surface area contributed by atoms with E-state index in [1.165, 1.54) is 134 Å². The van der Waals surface area contributed by atoms with Gasteiger partial charge in [-0.3, -0.25) is 28.8 Å². The molecule has 0 radical (unpaired) electrons. The summed E-state index contributed by atoms with van der Waals surface area (Å²) in [7, 11) is 0. The summed E-state index contributed by atoms with van der Waals surface area (Å²) in [5, 5.41) is 164. The Morgan fingerprint density at radius 1 is 0.215 bits per heavy atom. The molecule has 130 heavy (non-hydrogen) atoms. The number of carbonyl (C=O) groups excluding carboxylic acids is 6. The summed E-state index contributed by atoms with van der Waals surface area (Å²) < 4.78 is 0. The Hall–Kier alpha value is -18.5. The average Bonchev–Trinajstić information content (AvgIpc) is 0.861. The number of benzene rings is 12. The van der Waals surface area contributed by atoms with E-state index in [1.807, 2.05) is 0 Å². The van der Waals surface area contributed by atoms with Crippen LogP contribution in [0.3, 0.4) is 0 Å². The standard InChI is InChI=1S/C16H15NO5.C16H13NO5.C16H15NO5.C16H13NO5.C16H15NO4.C16H13NO4/c2*18-11-6-7-13(12(9-11)16(21)22)17-15(20)8-5-10-3-1-2-4-14(10)19;2*18-11-6-7-12(16(21)22)13(9-11)17-15(20)8-5-10-3-1-2-4-14(10)19;2*18-14-8-4-1-5-11(14)9-10-15(19)17-13-7-3-2-6-12(13)16(20)21/h1-4,6-7,9,18-19H,5,8H2,(H,17,20)(H,21,22);1-9,18-19H,(H,17,20)(H,21,22);1-4,6-7,9,18-19H,5,8H2,(H,17,20)(H,21,22);1-9,18-19H,(H,17,20)(H,21,22);1-8,18H,9-10H2,(H,17,19)(H,20,21);1-10,18H,(H,17,19)(H,20,21)/b;8-5+;;8-5+;;10-9+. The average molecular weight is 1770 g/mol. The van der Waals surface area contributed by atoms with Crippen molar-refractivity contribution in [3.8, 4) is 57.5 Å². The first-order valence-corrected chi connectivity index (χ1v) is 38.5. The van der Waals surface area contributed by atoms with Gasteiger partial charge in [-0.25, -0.2) is 28.8 Å². The van der Waals surface area contributed by atoms with E-state index in [-0.39, 0.29) is 156 Å². The zero-order valence-electron chi connectivity index (χ0n) is 68.2. The number of rotatable bonds is 27. The van der Waals surface area contributed by atoms with E-state index >= 15 is 0 Å². The molecule has 12 rings (SSSR count). The first-order valence-electron chi connectivity index (χ1n) is 38.5. The number of nitrogens with one attached hydrogen (secondary N) is 6. The van der Waals surface area contributed by atoms with Crippen molar-refractivity contribution in [1.82, 2.24) is 0 Å². The number of aromatic carboxylic acids is 6. The third kappa shape index (κ3) is 32.4. The van der Waals surface area contributed by atoms with E-state index < -0.39 is 59.4 Å². The SMILES string of the molecule is O=C(/C=C/c1ccccc1O)Nc1cc(O)ccc1C(=O)O.O=C(/C=C/c1ccccc1O)Nc1ccc(O)cc1C(=O)O.O=C(/C=C/c1ccccc1O)Nc1ccccc1C(=O)O.O=C(CCc1ccccc1O)Nc1cc(O)ccc1C(=O)O.O=C(CCc1ccccc1O)Nc1ccc(O)cc1C(=O)O.O=C(CCc1ccccc1O)Nc1ccccc1C(=O)O. The van der Waals surface area contributed by atoms with Crippen LogP contribution >= 0.6 is 0 Å². The fourth-order valence-electron chi connectivity index (χ4n) is 11.3. The molecule has 0 unspecified atom stereocenters. The van der Waals surface area contributed by atoms with Crippen molar-refractivity contribution in [3.05, 3.63) is 352 Å². The van der Waals surface area contributed by atoms with Crippen molar-refractivity contribution in [2.45, 2.75) is 38.5 Å². The van der Waals surface area contributed by atoms with Gasteiger partial charge in [0, 0.05) is 66.3 Å². The zero-order chi connectivity index (χ0) is 94.9. The number of carboxylic acids is 6. The highest BCUT2D eigenvalue weighted by atomic mass is 16.4. The van der Waals surface area contributed by atoms with E-state index in [0.717, 1.165) is 24.3 Å². The Balaban J connectivity index is 0.000000213. The quantitative estimate of drug-likeness (QED) is 0.0168. The van der Waals surface area contributed by atoms with Crippen LogP contribution in [0.25, 0.3) is 18.2 Å². The van der Waals surface area contributed by atoms with Gasteiger partial charge < -0.3 is 114 Å². The van der Waals surface area contributed by atoms with Gasteiger partial charge in [0.25, 0.3) is 0 Å². The second kappa shape index (κ2) is 49.6. The van der Waals surface area contributed by atoms with Gasteiger partial charge in [0.1, 0.15) is 57.5 Å². The van der Waals surface area contributed by atoms with Gasteiger partial charge in [-0.1, -0.05) is 133 Å². The van der Waals surface area contributed by atoms with Crippen LogP contribution in [-0.2, 0) is 48.0 Å². The smallest absolute Gasteiger partial charge is 0.337 e. The number of carboxylic acid groups (broad SMARTS) is 6. The second-order valence-corrected chi connectivity index (χ2v) is 27.0. The van der Waals surface area contributed by atoms with E-state index in [0.29, 0.717) is 52.6 Å². The van der Waals surface area contributed by atoms with E-state index in [1.54, 1.807) is 146 Å². The molecule has 0 bridgehead atoms. The molecule has 0 fully saturated rings. The minimum atomic E-state index is -1.27. The Kier molecular flexibility index (Phi) is 37.6. The number of hydrogen-bond acceptors (Lipinski definition) is 22. The van der Waals surface area contributed by atoms with Crippen molar-refractivity contribution >= 4 is 124 Å². The summed E-state index contributed by atoms with van der Waals surface area (Å²) in [6, 6.07) is 66.6. The lowest BCUT2D eigenvalue weighted by Crippen LogP contribution is -2.15. The van der Waals surface area contributed by atoms with Gasteiger partial charge in [0.15, 0.2) is 0 Å². The largest absolute Gasteiger partial charge is 0.508 e. The second-order valence-electron chi connectivity index (χ2n) is 27.0. The number of hydrogen-bond donors (Lipinski definition) is 22. The topological polar surface area (TPSA) is 601 Å². The maximum Gasteiger partial charge on any atom is 0.337 e. The van der Waals surface area contributed by atoms with E-state index in [9.17, 15) is 109 Å². The lowest BCUT2D eigenvalue weighted by atomic mass is 10.1. The van der Waals surface area contributed by atoms with Crippen molar-refractivity contribution in [1.29, 1.82) is 0 Å². The molecular formula is C96H84N6O28. The monoisotopic (exact) mass is 1770 g/mol. The van der Waals surface area contributed by atoms with Crippen LogP contribution in [0.15, 0.2) is 285 Å². The minimum absolute atomic E-state index is 0.0144. The Bertz CT molecular complexity index is 6220. The van der Waals surface area contributed by atoms with Gasteiger partial charge in [-0.05, 0) is 176 Å². The van der Waals surface area contributed by atoms with Crippen LogP contribution < -0.4 is 31.9 Å². The van der Waals surface area contributed by atoms with Gasteiger partial charge in [-0.2, -0.15) is 0 Å². The number of carbonyl (C=O) groups is 12. The molecular weight excluding hydrogens is 1690 g/mol. The zero-order valence-corrected chi connectivity index (χ0v) is 68.2. The van der Waals surface area contributed by atoms with Gasteiger partial charge in [0.05, 0.1) is 67.5 Å². The van der Waals surface area contributed by atoms with Crippen LogP contribution in [0, 0.1) is 0 Å². The van der Waals surface area contributed by atoms with Crippen LogP contribution in [-0.4, -0.2) is 153 Å². The fraction of sp³-hybridized carbons (Fsp3) is 0.0625. The molecule has 0 aliphatic carbocycles. The lowest BCUT2D eigenvalue weighted by molar-refractivity contribution is -0.117. The molecule has 0 aliphatic heterocycles. The lowest BCUT2D eigenvalue weighted by Gasteiger charge is -2.09. The molecule has 6 amide bonds. The fourth-order valence-corrected chi connectivity index (χ4v) is 11.3. The number of phenols is 10. The third-order valence-electron chi connectivity index (χ3n) is 17.7. The molecule has 0 atom stereocenters. The molecule has 12 aromatic rings. The summed E-state index contributed by atoms with van der Waals surface area (Å²) in [5.74, 6) is -10.1. The predicted octanol–water partition coefficient (Wildman–Crippen LogP) is 15.0.